The zero-order valence-electron chi connectivity index (χ0n) is 13.6. The van der Waals surface area contributed by atoms with Crippen LogP contribution in [0.3, 0.4) is 0 Å². The largest absolute Gasteiger partial charge is 0.368 e. The summed E-state index contributed by atoms with van der Waals surface area (Å²) in [6.07, 6.45) is 1.43. The van der Waals surface area contributed by atoms with Crippen LogP contribution in [0.1, 0.15) is 12.8 Å². The van der Waals surface area contributed by atoms with E-state index in [1.54, 1.807) is 5.48 Å². The molecule has 0 bridgehead atoms. The van der Waals surface area contributed by atoms with E-state index in [1.165, 1.54) is 0 Å². The van der Waals surface area contributed by atoms with Gasteiger partial charge in [0.2, 0.25) is 11.8 Å². The Bertz CT molecular complexity index is 572. The molecule has 1 aromatic rings. The minimum absolute atomic E-state index is 0.0454. The lowest BCUT2D eigenvalue weighted by atomic mass is 9.89. The first-order valence-electron chi connectivity index (χ1n) is 8.47. The number of hydroxylamine groups is 1. The summed E-state index contributed by atoms with van der Waals surface area (Å²) < 4.78 is 0. The third kappa shape index (κ3) is 3.52. The van der Waals surface area contributed by atoms with Gasteiger partial charge in [-0.1, -0.05) is 18.2 Å². The maximum absolute atomic E-state index is 12.8. The van der Waals surface area contributed by atoms with Crippen molar-refractivity contribution in [1.82, 2.24) is 15.7 Å². The predicted octanol–water partition coefficient (Wildman–Crippen LogP) is 0.209. The SMILES string of the molecule is O=C(NO)C1CCCNC1C(=O)N1CCN(c2ccccc2)CC1. The highest BCUT2D eigenvalue weighted by Crippen LogP contribution is 2.21. The first-order valence-corrected chi connectivity index (χ1v) is 8.47. The van der Waals surface area contributed by atoms with Crippen LogP contribution in [0.15, 0.2) is 30.3 Å². The van der Waals surface area contributed by atoms with E-state index in [0.717, 1.165) is 31.7 Å². The number of para-hydroxylation sites is 1. The lowest BCUT2D eigenvalue weighted by Crippen LogP contribution is -2.59. The molecule has 130 valence electrons. The topological polar surface area (TPSA) is 84.9 Å². The van der Waals surface area contributed by atoms with Gasteiger partial charge < -0.3 is 15.1 Å². The summed E-state index contributed by atoms with van der Waals surface area (Å²) in [6.45, 7) is 3.55. The molecule has 0 saturated carbocycles. The summed E-state index contributed by atoms with van der Waals surface area (Å²) in [7, 11) is 0. The van der Waals surface area contributed by atoms with E-state index in [1.807, 2.05) is 23.1 Å². The fourth-order valence-corrected chi connectivity index (χ4v) is 3.53. The summed E-state index contributed by atoms with van der Waals surface area (Å²) >= 11 is 0. The van der Waals surface area contributed by atoms with Crippen LogP contribution >= 0.6 is 0 Å². The van der Waals surface area contributed by atoms with Gasteiger partial charge in [-0.15, -0.1) is 0 Å². The number of piperidine rings is 1. The Hall–Kier alpha value is -2.12. The van der Waals surface area contributed by atoms with Gasteiger partial charge in [-0.2, -0.15) is 0 Å². The van der Waals surface area contributed by atoms with E-state index in [4.69, 9.17) is 5.21 Å². The lowest BCUT2D eigenvalue weighted by molar-refractivity contribution is -0.144. The Morgan fingerprint density at radius 3 is 2.50 bits per heavy atom. The highest BCUT2D eigenvalue weighted by molar-refractivity contribution is 5.90. The van der Waals surface area contributed by atoms with Gasteiger partial charge in [0, 0.05) is 31.9 Å². The zero-order chi connectivity index (χ0) is 16.9. The molecule has 0 aliphatic carbocycles. The smallest absolute Gasteiger partial charge is 0.248 e. The molecule has 0 radical (unpaired) electrons. The lowest BCUT2D eigenvalue weighted by Gasteiger charge is -2.39. The predicted molar refractivity (Wildman–Crippen MR) is 89.7 cm³/mol. The van der Waals surface area contributed by atoms with Crippen molar-refractivity contribution in [2.24, 2.45) is 5.92 Å². The molecule has 3 N–H and O–H groups in total. The van der Waals surface area contributed by atoms with Crippen LogP contribution in [-0.2, 0) is 9.59 Å². The van der Waals surface area contributed by atoms with Crippen LogP contribution in [0, 0.1) is 5.92 Å². The molecule has 2 aliphatic heterocycles. The molecule has 2 aliphatic rings. The Morgan fingerprint density at radius 1 is 1.12 bits per heavy atom. The number of amides is 2. The minimum Gasteiger partial charge on any atom is -0.368 e. The molecule has 0 spiro atoms. The standard InChI is InChI=1S/C17H24N4O3/c22-16(19-24)14-7-4-8-18-15(14)17(23)21-11-9-20(10-12-21)13-5-2-1-3-6-13/h1-3,5-6,14-15,18,24H,4,7-12H2,(H,19,22). The molecule has 7 nitrogen and oxygen atoms in total. The molecule has 0 aromatic heterocycles. The summed E-state index contributed by atoms with van der Waals surface area (Å²) in [6, 6.07) is 9.61. The van der Waals surface area contributed by atoms with Crippen molar-refractivity contribution in [3.05, 3.63) is 30.3 Å². The number of anilines is 1. The molecule has 2 saturated heterocycles. The summed E-state index contributed by atoms with van der Waals surface area (Å²) in [5.41, 5.74) is 2.86. The van der Waals surface area contributed by atoms with Crippen LogP contribution in [0.2, 0.25) is 0 Å². The molecule has 2 atom stereocenters. The first kappa shape index (κ1) is 16.7. The average molecular weight is 332 g/mol. The maximum atomic E-state index is 12.8. The summed E-state index contributed by atoms with van der Waals surface area (Å²) in [5, 5.41) is 12.0. The Labute approximate surface area is 141 Å². The number of nitrogens with one attached hydrogen (secondary N) is 2. The third-order valence-electron chi connectivity index (χ3n) is 4.88. The molecule has 2 amide bonds. The molecular formula is C17H24N4O3. The van der Waals surface area contributed by atoms with E-state index >= 15 is 0 Å². The molecule has 1 aromatic carbocycles. The number of carbonyl (C=O) groups excluding carboxylic acids is 2. The fourth-order valence-electron chi connectivity index (χ4n) is 3.53. The maximum Gasteiger partial charge on any atom is 0.248 e. The number of hydrogen-bond donors (Lipinski definition) is 3. The van der Waals surface area contributed by atoms with Crippen molar-refractivity contribution in [2.45, 2.75) is 18.9 Å². The van der Waals surface area contributed by atoms with Gasteiger partial charge in [-0.3, -0.25) is 14.8 Å². The number of hydrogen-bond acceptors (Lipinski definition) is 5. The normalized spacial score (nSPS) is 24.5. The monoisotopic (exact) mass is 332 g/mol. The summed E-state index contributed by atoms with van der Waals surface area (Å²) in [5.74, 6) is -1.04. The fraction of sp³-hybridized carbons (Fsp3) is 0.529. The zero-order valence-corrected chi connectivity index (χ0v) is 13.6. The molecule has 24 heavy (non-hydrogen) atoms. The Morgan fingerprint density at radius 2 is 1.83 bits per heavy atom. The van der Waals surface area contributed by atoms with Crippen LogP contribution in [0.5, 0.6) is 0 Å². The van der Waals surface area contributed by atoms with Crippen molar-refractivity contribution in [3.8, 4) is 0 Å². The second-order valence-electron chi connectivity index (χ2n) is 6.30. The third-order valence-corrected chi connectivity index (χ3v) is 4.88. The number of benzene rings is 1. The van der Waals surface area contributed by atoms with Gasteiger partial charge >= 0.3 is 0 Å². The second kappa shape index (κ2) is 7.63. The van der Waals surface area contributed by atoms with Crippen LogP contribution in [-0.4, -0.2) is 60.7 Å². The molecule has 2 fully saturated rings. The molecular weight excluding hydrogens is 308 g/mol. The van der Waals surface area contributed by atoms with E-state index in [9.17, 15) is 9.59 Å². The van der Waals surface area contributed by atoms with Gasteiger partial charge in [0.25, 0.3) is 0 Å². The number of carbonyl (C=O) groups is 2. The second-order valence-corrected chi connectivity index (χ2v) is 6.30. The van der Waals surface area contributed by atoms with Gasteiger partial charge in [-0.05, 0) is 31.5 Å². The Balaban J connectivity index is 1.61. The van der Waals surface area contributed by atoms with Crippen molar-refractivity contribution in [2.75, 3.05) is 37.6 Å². The van der Waals surface area contributed by atoms with Gasteiger partial charge in [0.1, 0.15) is 0 Å². The first-order chi connectivity index (χ1) is 11.7. The van der Waals surface area contributed by atoms with Crippen LogP contribution in [0.25, 0.3) is 0 Å². The molecule has 7 heteroatoms. The average Bonchev–Trinajstić information content (AvgIpc) is 2.67. The molecule has 3 rings (SSSR count). The highest BCUT2D eigenvalue weighted by atomic mass is 16.5. The molecule has 2 unspecified atom stereocenters. The van der Waals surface area contributed by atoms with Gasteiger partial charge in [0.05, 0.1) is 12.0 Å². The van der Waals surface area contributed by atoms with Crippen molar-refractivity contribution in [1.29, 1.82) is 0 Å². The van der Waals surface area contributed by atoms with E-state index < -0.39 is 17.9 Å². The van der Waals surface area contributed by atoms with Crippen molar-refractivity contribution < 1.29 is 14.8 Å². The van der Waals surface area contributed by atoms with E-state index in [-0.39, 0.29) is 5.91 Å². The van der Waals surface area contributed by atoms with Gasteiger partial charge in [0.15, 0.2) is 0 Å². The van der Waals surface area contributed by atoms with Crippen molar-refractivity contribution in [3.63, 3.8) is 0 Å². The minimum atomic E-state index is -0.547. The van der Waals surface area contributed by atoms with Crippen LogP contribution in [0.4, 0.5) is 5.69 Å². The highest BCUT2D eigenvalue weighted by Gasteiger charge is 2.38. The van der Waals surface area contributed by atoms with Gasteiger partial charge in [-0.25, -0.2) is 5.48 Å². The van der Waals surface area contributed by atoms with Crippen molar-refractivity contribution >= 4 is 17.5 Å². The quantitative estimate of drug-likeness (QED) is 0.544. The molecule has 2 heterocycles. The van der Waals surface area contributed by atoms with E-state index in [2.05, 4.69) is 22.3 Å². The number of piperazine rings is 1. The Kier molecular flexibility index (Phi) is 5.32. The summed E-state index contributed by atoms with van der Waals surface area (Å²) in [4.78, 5) is 28.7. The van der Waals surface area contributed by atoms with E-state index in [0.29, 0.717) is 19.5 Å². The number of nitrogens with zero attached hydrogens (tertiary/aromatic N) is 2. The van der Waals surface area contributed by atoms with Crippen LogP contribution < -0.4 is 15.7 Å². The number of rotatable bonds is 3.